The summed E-state index contributed by atoms with van der Waals surface area (Å²) < 4.78 is 0. The summed E-state index contributed by atoms with van der Waals surface area (Å²) in [5, 5.41) is 4.03. The van der Waals surface area contributed by atoms with Gasteiger partial charge >= 0.3 is 0 Å². The molecule has 0 spiro atoms. The summed E-state index contributed by atoms with van der Waals surface area (Å²) in [5.74, 6) is 0.169. The number of aryl methyl sites for hydroxylation is 2. The van der Waals surface area contributed by atoms with Crippen LogP contribution in [0.4, 0.5) is 0 Å². The summed E-state index contributed by atoms with van der Waals surface area (Å²) in [5.41, 5.74) is 0.558. The van der Waals surface area contributed by atoms with Gasteiger partial charge in [0.1, 0.15) is 5.69 Å². The number of piperidine rings is 1. The molecule has 2 aliphatic rings. The molecule has 2 fully saturated rings. The predicted molar refractivity (Wildman–Crippen MR) is 89.7 cm³/mol. The lowest BCUT2D eigenvalue weighted by Gasteiger charge is -2.35. The van der Waals surface area contributed by atoms with Crippen LogP contribution >= 0.6 is 11.3 Å². The molecule has 126 valence electrons. The number of likely N-dealkylation sites (tertiary alicyclic amines) is 2. The van der Waals surface area contributed by atoms with Crippen LogP contribution in [0.25, 0.3) is 0 Å². The van der Waals surface area contributed by atoms with Crippen LogP contribution in [0.1, 0.15) is 39.6 Å². The Bertz CT molecular complexity index is 607. The van der Waals surface area contributed by atoms with Gasteiger partial charge in [0.15, 0.2) is 0 Å². The fourth-order valence-electron chi connectivity index (χ4n) is 3.49. The van der Waals surface area contributed by atoms with Crippen molar-refractivity contribution in [2.75, 3.05) is 26.7 Å². The highest BCUT2D eigenvalue weighted by Gasteiger charge is 2.36. The topological polar surface area (TPSA) is 65.5 Å². The van der Waals surface area contributed by atoms with Crippen LogP contribution in [0.3, 0.4) is 0 Å². The number of carbonyl (C=O) groups excluding carboxylic acids is 2. The molecule has 23 heavy (non-hydrogen) atoms. The SMILES string of the molecule is Cc1nc(C(=O)NC2CCN([C@@H]3CCN(C)C3=O)CC2)c(C)s1. The first-order valence-electron chi connectivity index (χ1n) is 8.19. The second-order valence-corrected chi connectivity index (χ2v) is 7.89. The lowest BCUT2D eigenvalue weighted by Crippen LogP contribution is -2.50. The van der Waals surface area contributed by atoms with E-state index in [1.54, 1.807) is 11.3 Å². The number of thiazole rings is 1. The molecule has 7 heteroatoms. The van der Waals surface area contributed by atoms with Gasteiger partial charge in [0.25, 0.3) is 5.91 Å². The summed E-state index contributed by atoms with van der Waals surface area (Å²) in [6.45, 7) is 6.43. The number of hydrogen-bond donors (Lipinski definition) is 1. The number of amides is 2. The highest BCUT2D eigenvalue weighted by Crippen LogP contribution is 2.21. The van der Waals surface area contributed by atoms with Crippen molar-refractivity contribution in [3.05, 3.63) is 15.6 Å². The van der Waals surface area contributed by atoms with Gasteiger partial charge in [-0.1, -0.05) is 0 Å². The summed E-state index contributed by atoms with van der Waals surface area (Å²) in [7, 11) is 1.87. The quantitative estimate of drug-likeness (QED) is 0.900. The minimum atomic E-state index is -0.0676. The summed E-state index contributed by atoms with van der Waals surface area (Å²) in [6.07, 6.45) is 2.70. The molecular formula is C16H24N4O2S. The van der Waals surface area contributed by atoms with Crippen LogP contribution in [-0.4, -0.2) is 65.4 Å². The van der Waals surface area contributed by atoms with Gasteiger partial charge in [-0.25, -0.2) is 4.98 Å². The monoisotopic (exact) mass is 336 g/mol. The maximum absolute atomic E-state index is 12.3. The Balaban J connectivity index is 1.52. The van der Waals surface area contributed by atoms with E-state index < -0.39 is 0 Å². The lowest BCUT2D eigenvalue weighted by atomic mass is 10.0. The minimum absolute atomic E-state index is 0.0417. The number of carbonyl (C=O) groups is 2. The van der Waals surface area contributed by atoms with E-state index in [0.717, 1.165) is 48.8 Å². The van der Waals surface area contributed by atoms with E-state index in [1.807, 2.05) is 25.8 Å². The van der Waals surface area contributed by atoms with Crippen molar-refractivity contribution < 1.29 is 9.59 Å². The molecule has 0 unspecified atom stereocenters. The lowest BCUT2D eigenvalue weighted by molar-refractivity contribution is -0.131. The molecule has 1 aromatic heterocycles. The minimum Gasteiger partial charge on any atom is -0.348 e. The number of nitrogens with zero attached hydrogens (tertiary/aromatic N) is 3. The Morgan fingerprint density at radius 3 is 2.43 bits per heavy atom. The third kappa shape index (κ3) is 3.40. The average molecular weight is 336 g/mol. The molecule has 2 aliphatic heterocycles. The van der Waals surface area contributed by atoms with Crippen molar-refractivity contribution >= 4 is 23.2 Å². The average Bonchev–Trinajstić information content (AvgIpc) is 3.03. The molecule has 1 atom stereocenters. The first-order valence-corrected chi connectivity index (χ1v) is 9.01. The van der Waals surface area contributed by atoms with E-state index in [9.17, 15) is 9.59 Å². The van der Waals surface area contributed by atoms with Crippen molar-refractivity contribution in [3.8, 4) is 0 Å². The Morgan fingerprint density at radius 2 is 1.91 bits per heavy atom. The second kappa shape index (κ2) is 6.57. The van der Waals surface area contributed by atoms with Crippen molar-refractivity contribution in [2.45, 2.75) is 45.2 Å². The van der Waals surface area contributed by atoms with E-state index in [2.05, 4.69) is 15.2 Å². The van der Waals surface area contributed by atoms with E-state index in [0.29, 0.717) is 5.69 Å². The van der Waals surface area contributed by atoms with Crippen LogP contribution in [0, 0.1) is 13.8 Å². The van der Waals surface area contributed by atoms with Crippen molar-refractivity contribution in [1.29, 1.82) is 0 Å². The maximum Gasteiger partial charge on any atom is 0.271 e. The van der Waals surface area contributed by atoms with E-state index >= 15 is 0 Å². The van der Waals surface area contributed by atoms with Gasteiger partial charge in [-0.05, 0) is 33.1 Å². The van der Waals surface area contributed by atoms with Crippen LogP contribution in [0.5, 0.6) is 0 Å². The molecule has 6 nitrogen and oxygen atoms in total. The zero-order chi connectivity index (χ0) is 16.6. The van der Waals surface area contributed by atoms with Gasteiger partial charge in [-0.2, -0.15) is 0 Å². The highest BCUT2D eigenvalue weighted by molar-refractivity contribution is 7.11. The summed E-state index contributed by atoms with van der Waals surface area (Å²) in [4.78, 5) is 33.8. The molecule has 0 aliphatic carbocycles. The van der Waals surface area contributed by atoms with Gasteiger partial charge in [-0.15, -0.1) is 11.3 Å². The second-order valence-electron chi connectivity index (χ2n) is 6.49. The third-order valence-electron chi connectivity index (χ3n) is 4.82. The third-order valence-corrected chi connectivity index (χ3v) is 5.71. The van der Waals surface area contributed by atoms with Crippen LogP contribution in [-0.2, 0) is 4.79 Å². The van der Waals surface area contributed by atoms with Crippen LogP contribution in [0.2, 0.25) is 0 Å². The first-order chi connectivity index (χ1) is 11.0. The highest BCUT2D eigenvalue weighted by atomic mass is 32.1. The van der Waals surface area contributed by atoms with Gasteiger partial charge in [0.2, 0.25) is 5.91 Å². The molecule has 0 aromatic carbocycles. The van der Waals surface area contributed by atoms with Gasteiger partial charge in [-0.3, -0.25) is 14.5 Å². The number of rotatable bonds is 3. The maximum atomic E-state index is 12.3. The summed E-state index contributed by atoms with van der Waals surface area (Å²) >= 11 is 1.55. The molecule has 3 heterocycles. The smallest absolute Gasteiger partial charge is 0.271 e. The molecule has 2 amide bonds. The Hall–Kier alpha value is -1.47. The standard InChI is InChI=1S/C16H24N4O2S/c1-10-14(17-11(2)23-10)15(21)18-12-4-8-20(9-5-12)13-6-7-19(3)16(13)22/h12-13H,4-9H2,1-3H3,(H,18,21)/t13-/m1/s1. The zero-order valence-corrected chi connectivity index (χ0v) is 14.8. The van der Waals surface area contributed by atoms with Gasteiger partial charge in [0, 0.05) is 37.6 Å². The Kier molecular flexibility index (Phi) is 4.68. The van der Waals surface area contributed by atoms with E-state index in [1.165, 1.54) is 0 Å². The first kappa shape index (κ1) is 16.4. The zero-order valence-electron chi connectivity index (χ0n) is 14.0. The van der Waals surface area contributed by atoms with E-state index in [-0.39, 0.29) is 23.9 Å². The molecular weight excluding hydrogens is 312 g/mol. The van der Waals surface area contributed by atoms with Crippen molar-refractivity contribution in [3.63, 3.8) is 0 Å². The Morgan fingerprint density at radius 1 is 1.22 bits per heavy atom. The van der Waals surface area contributed by atoms with Crippen LogP contribution < -0.4 is 5.32 Å². The van der Waals surface area contributed by atoms with E-state index in [4.69, 9.17) is 0 Å². The molecule has 2 saturated heterocycles. The Labute approximate surface area is 140 Å². The predicted octanol–water partition coefficient (Wildman–Crippen LogP) is 1.18. The largest absolute Gasteiger partial charge is 0.348 e. The van der Waals surface area contributed by atoms with Gasteiger partial charge < -0.3 is 10.2 Å². The number of nitrogens with one attached hydrogen (secondary N) is 1. The molecule has 3 rings (SSSR count). The van der Waals surface area contributed by atoms with Crippen molar-refractivity contribution in [1.82, 2.24) is 20.1 Å². The number of likely N-dealkylation sites (N-methyl/N-ethyl adjacent to an activating group) is 1. The number of aromatic nitrogens is 1. The fraction of sp³-hybridized carbons (Fsp3) is 0.688. The summed E-state index contributed by atoms with van der Waals surface area (Å²) in [6, 6.07) is 0.217. The molecule has 1 aromatic rings. The molecule has 0 radical (unpaired) electrons. The molecule has 0 saturated carbocycles. The molecule has 0 bridgehead atoms. The fourth-order valence-corrected chi connectivity index (χ4v) is 4.31. The van der Waals surface area contributed by atoms with Crippen molar-refractivity contribution in [2.24, 2.45) is 0 Å². The molecule has 1 N–H and O–H groups in total. The number of hydrogen-bond acceptors (Lipinski definition) is 5. The van der Waals surface area contributed by atoms with Crippen LogP contribution in [0.15, 0.2) is 0 Å². The normalized spacial score (nSPS) is 23.5. The van der Waals surface area contributed by atoms with Gasteiger partial charge in [0.05, 0.1) is 11.0 Å².